The molecule has 3 aromatic carbocycles. The first-order valence-corrected chi connectivity index (χ1v) is 14.8. The molecule has 5 rings (SSSR count). The average Bonchev–Trinajstić information content (AvgIpc) is 3.33. The van der Waals surface area contributed by atoms with Gasteiger partial charge in [0.05, 0.1) is 29.1 Å². The zero-order valence-electron chi connectivity index (χ0n) is 22.3. The lowest BCUT2D eigenvalue weighted by atomic mass is 10.1. The van der Waals surface area contributed by atoms with Crippen LogP contribution in [0.25, 0.3) is 23.0 Å². The minimum atomic E-state index is -3.60. The largest absolute Gasteiger partial charge is 0.497 e. The van der Waals surface area contributed by atoms with Crippen LogP contribution >= 0.6 is 11.6 Å². The second kappa shape index (κ2) is 11.7. The smallest absolute Gasteiger partial charge is 0.255 e. The molecule has 0 aliphatic carbocycles. The molecular formula is C31H30ClN3O4S. The number of para-hydroxylation sites is 1. The second-order valence-corrected chi connectivity index (χ2v) is 11.7. The zero-order chi connectivity index (χ0) is 28.3. The van der Waals surface area contributed by atoms with E-state index in [-0.39, 0.29) is 19.0 Å². The van der Waals surface area contributed by atoms with Crippen LogP contribution in [-0.4, -0.2) is 61.4 Å². The fourth-order valence-corrected chi connectivity index (χ4v) is 6.27. The van der Waals surface area contributed by atoms with Gasteiger partial charge in [-0.2, -0.15) is 4.31 Å². The summed E-state index contributed by atoms with van der Waals surface area (Å²) in [6, 6.07) is 26.3. The molecule has 1 aromatic heterocycles. The number of hydrogen-bond acceptors (Lipinski definition) is 4. The van der Waals surface area contributed by atoms with Crippen molar-refractivity contribution in [3.63, 3.8) is 0 Å². The zero-order valence-corrected chi connectivity index (χ0v) is 23.9. The summed E-state index contributed by atoms with van der Waals surface area (Å²) in [5.41, 5.74) is 4.61. The van der Waals surface area contributed by atoms with Crippen LogP contribution in [0.3, 0.4) is 0 Å². The number of hydrogen-bond donors (Lipinski definition) is 0. The summed E-state index contributed by atoms with van der Waals surface area (Å²) in [7, 11) is -1.98. The maximum atomic E-state index is 13.8. The van der Waals surface area contributed by atoms with E-state index in [4.69, 9.17) is 16.3 Å². The van der Waals surface area contributed by atoms with Crippen molar-refractivity contribution in [2.75, 3.05) is 33.3 Å². The maximum Gasteiger partial charge on any atom is 0.255 e. The quantitative estimate of drug-likeness (QED) is 0.276. The predicted octanol–water partition coefficient (Wildman–Crippen LogP) is 5.87. The van der Waals surface area contributed by atoms with Crippen molar-refractivity contribution in [1.82, 2.24) is 13.8 Å². The third kappa shape index (κ3) is 5.70. The summed E-state index contributed by atoms with van der Waals surface area (Å²) in [6.45, 7) is 2.95. The van der Waals surface area contributed by atoms with E-state index in [1.807, 2.05) is 96.4 Å². The molecule has 0 saturated carbocycles. The lowest BCUT2D eigenvalue weighted by Gasteiger charge is -2.33. The van der Waals surface area contributed by atoms with E-state index in [9.17, 15) is 13.2 Å². The summed E-state index contributed by atoms with van der Waals surface area (Å²) in [4.78, 5) is 15.5. The molecule has 1 saturated heterocycles. The predicted molar refractivity (Wildman–Crippen MR) is 159 cm³/mol. The first-order chi connectivity index (χ1) is 19.3. The lowest BCUT2D eigenvalue weighted by Crippen LogP contribution is -2.50. The number of nitrogens with zero attached hydrogens (tertiary/aromatic N) is 3. The molecule has 4 aromatic rings. The third-order valence-electron chi connectivity index (χ3n) is 7.07. The average molecular weight is 576 g/mol. The van der Waals surface area contributed by atoms with Crippen molar-refractivity contribution in [3.05, 3.63) is 112 Å². The Balaban J connectivity index is 1.40. The molecule has 2 heterocycles. The Labute approximate surface area is 239 Å². The van der Waals surface area contributed by atoms with E-state index in [1.165, 1.54) is 9.71 Å². The van der Waals surface area contributed by atoms with E-state index in [0.29, 0.717) is 23.7 Å². The molecule has 1 aliphatic rings. The molecule has 0 unspecified atom stereocenters. The maximum absolute atomic E-state index is 13.8. The van der Waals surface area contributed by atoms with Gasteiger partial charge in [0.15, 0.2) is 0 Å². The van der Waals surface area contributed by atoms with Crippen LogP contribution in [0.1, 0.15) is 21.6 Å². The van der Waals surface area contributed by atoms with Crippen molar-refractivity contribution < 1.29 is 17.9 Å². The molecule has 0 bridgehead atoms. The molecule has 7 nitrogen and oxygen atoms in total. The number of carbonyl (C=O) groups excluding carboxylic acids is 1. The number of sulfonamides is 1. The number of piperazine rings is 1. The Morgan fingerprint density at radius 2 is 1.55 bits per heavy atom. The van der Waals surface area contributed by atoms with Crippen LogP contribution in [0.15, 0.2) is 90.3 Å². The van der Waals surface area contributed by atoms with Gasteiger partial charge in [0, 0.05) is 37.3 Å². The summed E-state index contributed by atoms with van der Waals surface area (Å²) in [5, 5.41) is 1.80. The fourth-order valence-electron chi connectivity index (χ4n) is 4.87. The first kappa shape index (κ1) is 27.7. The minimum Gasteiger partial charge on any atom is -0.497 e. The first-order valence-electron chi connectivity index (χ1n) is 12.9. The normalized spacial score (nSPS) is 14.5. The number of amides is 1. The highest BCUT2D eigenvalue weighted by Gasteiger charge is 2.30. The number of benzene rings is 3. The summed E-state index contributed by atoms with van der Waals surface area (Å²) in [5.74, 6) is 0.592. The van der Waals surface area contributed by atoms with Crippen molar-refractivity contribution in [2.45, 2.75) is 6.92 Å². The van der Waals surface area contributed by atoms with Gasteiger partial charge in [-0.25, -0.2) is 8.42 Å². The Morgan fingerprint density at radius 3 is 2.20 bits per heavy atom. The van der Waals surface area contributed by atoms with Gasteiger partial charge < -0.3 is 14.2 Å². The topological polar surface area (TPSA) is 71.8 Å². The van der Waals surface area contributed by atoms with Gasteiger partial charge in [0.25, 0.3) is 5.91 Å². The highest BCUT2D eigenvalue weighted by molar-refractivity contribution is 7.92. The van der Waals surface area contributed by atoms with Crippen LogP contribution in [0.5, 0.6) is 5.75 Å². The van der Waals surface area contributed by atoms with Crippen molar-refractivity contribution in [3.8, 4) is 22.7 Å². The molecule has 0 N–H and O–H groups in total. The summed E-state index contributed by atoms with van der Waals surface area (Å²) in [6.07, 6.45) is 1.59. The molecule has 206 valence electrons. The lowest BCUT2D eigenvalue weighted by molar-refractivity contribution is 0.0698. The van der Waals surface area contributed by atoms with E-state index in [2.05, 4.69) is 0 Å². The number of rotatable bonds is 7. The van der Waals surface area contributed by atoms with Crippen LogP contribution in [0, 0.1) is 6.92 Å². The SMILES string of the molecule is COc1ccc(-c2cc(C(=O)N3CCN(S(=O)(=O)C=Cc4ccccc4)CC3)c(C)n2-c2ccccc2Cl)cc1. The van der Waals surface area contributed by atoms with Crippen LogP contribution in [0.4, 0.5) is 0 Å². The molecule has 1 aliphatic heterocycles. The molecule has 1 amide bonds. The van der Waals surface area contributed by atoms with Crippen LogP contribution in [-0.2, 0) is 10.0 Å². The Morgan fingerprint density at radius 1 is 0.900 bits per heavy atom. The van der Waals surface area contributed by atoms with Gasteiger partial charge in [0.2, 0.25) is 10.0 Å². The van der Waals surface area contributed by atoms with Gasteiger partial charge in [-0.3, -0.25) is 4.79 Å². The number of aromatic nitrogens is 1. The van der Waals surface area contributed by atoms with Gasteiger partial charge in [-0.05, 0) is 66.6 Å². The monoisotopic (exact) mass is 575 g/mol. The van der Waals surface area contributed by atoms with Crippen molar-refractivity contribution >= 4 is 33.6 Å². The Bertz CT molecular complexity index is 1640. The molecule has 0 radical (unpaired) electrons. The van der Waals surface area contributed by atoms with Crippen LogP contribution in [0.2, 0.25) is 5.02 Å². The number of halogens is 1. The highest BCUT2D eigenvalue weighted by Crippen LogP contribution is 2.34. The summed E-state index contributed by atoms with van der Waals surface area (Å²) >= 11 is 6.59. The molecule has 40 heavy (non-hydrogen) atoms. The number of carbonyl (C=O) groups is 1. The van der Waals surface area contributed by atoms with Gasteiger partial charge in [-0.15, -0.1) is 0 Å². The van der Waals surface area contributed by atoms with Crippen molar-refractivity contribution in [1.29, 1.82) is 0 Å². The second-order valence-electron chi connectivity index (χ2n) is 9.49. The van der Waals surface area contributed by atoms with E-state index < -0.39 is 10.0 Å². The standard InChI is InChI=1S/C31H30ClN3O4S/c1-23-27(22-30(25-12-14-26(39-2)15-13-25)35(23)29-11-7-6-10-28(29)32)31(36)33-17-19-34(20-18-33)40(37,38)21-16-24-8-4-3-5-9-24/h3-16,21-22H,17-20H2,1-2H3. The molecular weight excluding hydrogens is 546 g/mol. The van der Waals surface area contributed by atoms with E-state index in [1.54, 1.807) is 18.1 Å². The minimum absolute atomic E-state index is 0.144. The van der Waals surface area contributed by atoms with Crippen molar-refractivity contribution in [2.24, 2.45) is 0 Å². The molecule has 1 fully saturated rings. The highest BCUT2D eigenvalue weighted by atomic mass is 35.5. The third-order valence-corrected chi connectivity index (χ3v) is 8.96. The van der Waals surface area contributed by atoms with E-state index in [0.717, 1.165) is 34.0 Å². The van der Waals surface area contributed by atoms with Gasteiger partial charge >= 0.3 is 0 Å². The Kier molecular flexibility index (Phi) is 8.12. The number of ether oxygens (including phenoxy) is 1. The van der Waals surface area contributed by atoms with Gasteiger partial charge in [-0.1, -0.05) is 54.1 Å². The molecule has 0 spiro atoms. The molecule has 0 atom stereocenters. The van der Waals surface area contributed by atoms with Gasteiger partial charge in [0.1, 0.15) is 5.75 Å². The van der Waals surface area contributed by atoms with Crippen LogP contribution < -0.4 is 4.74 Å². The van der Waals surface area contributed by atoms with E-state index >= 15 is 0 Å². The Hall–Kier alpha value is -3.85. The molecule has 9 heteroatoms. The fraction of sp³-hybridized carbons (Fsp3) is 0.194. The number of methoxy groups -OCH3 is 1. The summed E-state index contributed by atoms with van der Waals surface area (Å²) < 4.78 is 34.5.